The lowest BCUT2D eigenvalue weighted by molar-refractivity contribution is -0.156. The number of rotatable bonds is 17. The Balaban J connectivity index is 1.05. The number of carbonyl (C=O) groups is 2. The van der Waals surface area contributed by atoms with Crippen LogP contribution in [0.3, 0.4) is 0 Å². The van der Waals surface area contributed by atoms with Crippen molar-refractivity contribution in [2.24, 2.45) is 0 Å². The molecule has 1 aliphatic heterocycles. The number of nitrogens with one attached hydrogen (secondary N) is 4. The van der Waals surface area contributed by atoms with Crippen molar-refractivity contribution in [2.45, 2.75) is 101 Å². The van der Waals surface area contributed by atoms with E-state index >= 15 is 0 Å². The molecule has 4 aromatic carbocycles. The van der Waals surface area contributed by atoms with Gasteiger partial charge in [0.25, 0.3) is 0 Å². The molecular weight excluding hydrogens is 765 g/mol. The van der Waals surface area contributed by atoms with Gasteiger partial charge in [0.2, 0.25) is 21.9 Å². The van der Waals surface area contributed by atoms with Crippen LogP contribution in [-0.4, -0.2) is 66.7 Å². The van der Waals surface area contributed by atoms with Crippen molar-refractivity contribution in [3.63, 3.8) is 0 Å². The molecule has 2 heterocycles. The van der Waals surface area contributed by atoms with Gasteiger partial charge in [0.05, 0.1) is 11.0 Å². The van der Waals surface area contributed by atoms with Gasteiger partial charge in [0, 0.05) is 31.9 Å². The number of hydrogen-bond acceptors (Lipinski definition) is 9. The first-order chi connectivity index (χ1) is 28.2. The number of ether oxygens (including phenoxy) is 1. The average molecular weight is 821 g/mol. The lowest BCUT2D eigenvalue weighted by atomic mass is 9.76. The molecule has 1 fully saturated rings. The van der Waals surface area contributed by atoms with Crippen LogP contribution in [-0.2, 0) is 34.7 Å². The normalized spacial score (nSPS) is 16.4. The first kappa shape index (κ1) is 43.2. The van der Waals surface area contributed by atoms with Crippen molar-refractivity contribution in [1.29, 1.82) is 0 Å². The van der Waals surface area contributed by atoms with Gasteiger partial charge in [-0.1, -0.05) is 109 Å². The molecule has 0 radical (unpaired) electrons. The molecule has 1 aromatic heterocycles. The minimum atomic E-state index is -4.14. The zero-order chi connectivity index (χ0) is 42.2. The van der Waals surface area contributed by atoms with Crippen molar-refractivity contribution >= 4 is 27.8 Å². The minimum Gasteiger partial charge on any atom is -0.459 e. The highest BCUT2D eigenvalue weighted by Crippen LogP contribution is 2.42. The maximum atomic E-state index is 13.6. The molecule has 6 rings (SSSR count). The van der Waals surface area contributed by atoms with E-state index in [0.29, 0.717) is 30.5 Å². The zero-order valence-corrected chi connectivity index (χ0v) is 35.5. The summed E-state index contributed by atoms with van der Waals surface area (Å²) in [6.45, 7) is 10.8. The summed E-state index contributed by atoms with van der Waals surface area (Å²) in [6.07, 6.45) is 6.43. The number of esters is 1. The van der Waals surface area contributed by atoms with E-state index in [2.05, 4.69) is 98.2 Å². The van der Waals surface area contributed by atoms with Crippen molar-refractivity contribution in [3.05, 3.63) is 149 Å². The first-order valence-corrected chi connectivity index (χ1v) is 21.6. The van der Waals surface area contributed by atoms with Crippen LogP contribution in [0.15, 0.2) is 120 Å². The highest BCUT2D eigenvalue weighted by Gasteiger charge is 2.40. The van der Waals surface area contributed by atoms with Crippen LogP contribution in [0, 0.1) is 20.8 Å². The summed E-state index contributed by atoms with van der Waals surface area (Å²) in [5.41, 5.74) is 6.63. The fraction of sp³-hybridized carbons (Fsp3) is 0.370. The van der Waals surface area contributed by atoms with E-state index in [1.807, 2.05) is 37.5 Å². The van der Waals surface area contributed by atoms with Gasteiger partial charge in [-0.05, 0) is 88.6 Å². The Morgan fingerprint density at radius 1 is 0.881 bits per heavy atom. The van der Waals surface area contributed by atoms with Crippen LogP contribution < -0.4 is 20.8 Å². The number of aromatic nitrogens is 2. The van der Waals surface area contributed by atoms with E-state index in [1.54, 1.807) is 46.8 Å². The molecule has 4 N–H and O–H groups in total. The van der Waals surface area contributed by atoms with Crippen molar-refractivity contribution in [3.8, 4) is 0 Å². The Morgan fingerprint density at radius 2 is 1.44 bits per heavy atom. The number of nitrogens with zero attached hydrogens (tertiary/aromatic N) is 2. The number of amides is 1. The lowest BCUT2D eigenvalue weighted by Gasteiger charge is -2.38. The number of sulfonamides is 1. The number of hydroxylamine groups is 1. The molecule has 1 saturated heterocycles. The lowest BCUT2D eigenvalue weighted by Crippen LogP contribution is -2.52. The Kier molecular flexibility index (Phi) is 13.7. The van der Waals surface area contributed by atoms with Crippen LogP contribution in [0.25, 0.3) is 0 Å². The minimum absolute atomic E-state index is 0.0942. The van der Waals surface area contributed by atoms with Crippen LogP contribution in [0.4, 0.5) is 5.95 Å². The Labute approximate surface area is 348 Å². The monoisotopic (exact) mass is 820 g/mol. The van der Waals surface area contributed by atoms with E-state index in [1.165, 1.54) is 0 Å². The summed E-state index contributed by atoms with van der Waals surface area (Å²) in [5.74, 6) is -0.456. The van der Waals surface area contributed by atoms with E-state index in [9.17, 15) is 18.0 Å². The SMILES string of the molecule is Cc1cc(C)c(S(=O)(=O)N[C@@H](CNC(=O)C2CC(CCCCNc3nccn3C(c3ccccc3)(c3ccccc3)c3ccccc3)ON2)C(=O)OC(C)(C)C)c(C)c1. The van der Waals surface area contributed by atoms with Crippen LogP contribution in [0.2, 0.25) is 0 Å². The van der Waals surface area contributed by atoms with Crippen LogP contribution >= 0.6 is 0 Å². The number of imidazole rings is 1. The molecule has 0 aliphatic carbocycles. The quantitative estimate of drug-likeness (QED) is 0.0457. The van der Waals surface area contributed by atoms with Gasteiger partial charge in [0.1, 0.15) is 23.2 Å². The highest BCUT2D eigenvalue weighted by molar-refractivity contribution is 7.89. The maximum absolute atomic E-state index is 13.6. The van der Waals surface area contributed by atoms with Gasteiger partial charge in [-0.15, -0.1) is 0 Å². The summed E-state index contributed by atoms with van der Waals surface area (Å²) < 4.78 is 37.4. The molecule has 3 atom stereocenters. The van der Waals surface area contributed by atoms with E-state index in [0.717, 1.165) is 41.0 Å². The molecule has 1 amide bonds. The second-order valence-electron chi connectivity index (χ2n) is 16.2. The van der Waals surface area contributed by atoms with Gasteiger partial charge in [0.15, 0.2) is 0 Å². The standard InChI is InChI=1S/C46H56N6O6S/c1-32-28-33(2)41(34(3)29-32)59(55,56)51-40(43(54)57-45(4,5)6)31-49-42(53)39-30-38(58-50-39)24-16-17-25-47-44-48-26-27-52(44)46(35-18-10-7-11-19-35,36-20-12-8-13-21-36)37-22-14-9-15-23-37/h7-15,18-23,26-29,38-40,50-51H,16-17,24-25,30-31H2,1-6H3,(H,47,48)(H,49,53)/t38?,39?,40-/m0/s1. The smallest absolute Gasteiger partial charge is 0.326 e. The molecular formula is C46H56N6O6S. The predicted molar refractivity (Wildman–Crippen MR) is 229 cm³/mol. The molecule has 0 spiro atoms. The van der Waals surface area contributed by atoms with Gasteiger partial charge in [-0.25, -0.2) is 13.4 Å². The van der Waals surface area contributed by atoms with Crippen molar-refractivity contribution in [2.75, 3.05) is 18.4 Å². The van der Waals surface area contributed by atoms with Gasteiger partial charge >= 0.3 is 5.97 Å². The summed E-state index contributed by atoms with van der Waals surface area (Å²) in [5, 5.41) is 6.33. The third-order valence-corrected chi connectivity index (χ3v) is 12.1. The molecule has 312 valence electrons. The molecule has 2 unspecified atom stereocenters. The number of hydrogen-bond donors (Lipinski definition) is 4. The fourth-order valence-corrected chi connectivity index (χ4v) is 9.58. The molecule has 13 heteroatoms. The summed E-state index contributed by atoms with van der Waals surface area (Å²) >= 11 is 0. The van der Waals surface area contributed by atoms with E-state index in [-0.39, 0.29) is 17.5 Å². The van der Waals surface area contributed by atoms with Crippen molar-refractivity contribution < 1.29 is 27.6 Å². The molecule has 1 aliphatic rings. The van der Waals surface area contributed by atoms with Gasteiger partial charge < -0.3 is 15.4 Å². The summed E-state index contributed by atoms with van der Waals surface area (Å²) in [6, 6.07) is 32.9. The van der Waals surface area contributed by atoms with Crippen LogP contribution in [0.1, 0.15) is 79.8 Å². The molecule has 12 nitrogen and oxygen atoms in total. The topological polar surface area (TPSA) is 153 Å². The Morgan fingerprint density at radius 3 is 1.98 bits per heavy atom. The summed E-state index contributed by atoms with van der Waals surface area (Å²) in [4.78, 5) is 37.2. The molecule has 5 aromatic rings. The predicted octanol–water partition coefficient (Wildman–Crippen LogP) is 6.70. The largest absolute Gasteiger partial charge is 0.459 e. The van der Waals surface area contributed by atoms with Gasteiger partial charge in [-0.3, -0.25) is 19.0 Å². The highest BCUT2D eigenvalue weighted by atomic mass is 32.2. The third-order valence-electron chi connectivity index (χ3n) is 10.3. The summed E-state index contributed by atoms with van der Waals surface area (Å²) in [7, 11) is -4.14. The van der Waals surface area contributed by atoms with Crippen molar-refractivity contribution in [1.82, 2.24) is 25.1 Å². The number of benzene rings is 4. The molecule has 0 saturated carbocycles. The average Bonchev–Trinajstić information content (AvgIpc) is 3.87. The number of carbonyl (C=O) groups excluding carboxylic acids is 2. The van der Waals surface area contributed by atoms with Crippen LogP contribution in [0.5, 0.6) is 0 Å². The third kappa shape index (κ3) is 10.3. The maximum Gasteiger partial charge on any atom is 0.326 e. The number of anilines is 1. The molecule has 59 heavy (non-hydrogen) atoms. The number of aryl methyl sites for hydroxylation is 3. The Hall–Kier alpha value is -5.34. The van der Waals surface area contributed by atoms with E-state index < -0.39 is 45.1 Å². The Bertz CT molecular complexity index is 2170. The number of unbranched alkanes of at least 4 members (excludes halogenated alkanes) is 1. The van der Waals surface area contributed by atoms with Gasteiger partial charge in [-0.2, -0.15) is 10.2 Å². The fourth-order valence-electron chi connectivity index (χ4n) is 7.94. The second kappa shape index (κ2) is 18.7. The van der Waals surface area contributed by atoms with E-state index in [4.69, 9.17) is 14.6 Å². The molecule has 0 bridgehead atoms. The first-order valence-electron chi connectivity index (χ1n) is 20.2. The zero-order valence-electron chi connectivity index (χ0n) is 34.7. The second-order valence-corrected chi connectivity index (χ2v) is 17.8.